The van der Waals surface area contributed by atoms with Crippen molar-refractivity contribution in [2.75, 3.05) is 18.4 Å². The molecule has 116 valence electrons. The fraction of sp³-hybridized carbons (Fsp3) is 0.500. The van der Waals surface area contributed by atoms with Gasteiger partial charge in [-0.3, -0.25) is 9.59 Å². The summed E-state index contributed by atoms with van der Waals surface area (Å²) in [5.74, 6) is -0.0311. The second-order valence-corrected chi connectivity index (χ2v) is 5.48. The Kier molecular flexibility index (Phi) is 7.14. The minimum Gasteiger partial charge on any atom is -0.370 e. The Hall–Kier alpha value is -1.63. The molecule has 0 saturated heterocycles. The first-order chi connectivity index (χ1) is 9.99. The number of aromatic nitrogens is 1. The Morgan fingerprint density at radius 2 is 2.10 bits per heavy atom. The van der Waals surface area contributed by atoms with Crippen molar-refractivity contribution in [3.05, 3.63) is 22.3 Å². The van der Waals surface area contributed by atoms with E-state index in [4.69, 9.17) is 0 Å². The SMILES string of the molecule is CCCNC(=O)C(C)NC(=O)c1cc(Br)cnc1NCC. The average Bonchev–Trinajstić information content (AvgIpc) is 2.46. The monoisotopic (exact) mass is 356 g/mol. The van der Waals surface area contributed by atoms with Crippen molar-refractivity contribution in [2.24, 2.45) is 0 Å². The molecule has 3 N–H and O–H groups in total. The molecule has 2 amide bonds. The van der Waals surface area contributed by atoms with Gasteiger partial charge in [-0.05, 0) is 42.3 Å². The van der Waals surface area contributed by atoms with E-state index >= 15 is 0 Å². The Morgan fingerprint density at radius 3 is 2.71 bits per heavy atom. The number of hydrogen-bond acceptors (Lipinski definition) is 4. The van der Waals surface area contributed by atoms with Gasteiger partial charge in [0.05, 0.1) is 5.56 Å². The number of pyridine rings is 1. The molecule has 1 aromatic rings. The number of anilines is 1. The van der Waals surface area contributed by atoms with E-state index in [-0.39, 0.29) is 11.8 Å². The van der Waals surface area contributed by atoms with E-state index in [0.717, 1.165) is 6.42 Å². The molecule has 1 aromatic heterocycles. The summed E-state index contributed by atoms with van der Waals surface area (Å²) in [5.41, 5.74) is 0.404. The van der Waals surface area contributed by atoms with E-state index in [1.807, 2.05) is 13.8 Å². The highest BCUT2D eigenvalue weighted by Gasteiger charge is 2.19. The summed E-state index contributed by atoms with van der Waals surface area (Å²) in [4.78, 5) is 28.2. The highest BCUT2D eigenvalue weighted by molar-refractivity contribution is 9.10. The summed E-state index contributed by atoms with van der Waals surface area (Å²) in [6, 6.07) is 1.08. The molecule has 1 unspecified atom stereocenters. The Bertz CT molecular complexity index is 508. The van der Waals surface area contributed by atoms with Gasteiger partial charge in [0.1, 0.15) is 11.9 Å². The van der Waals surface area contributed by atoms with Gasteiger partial charge >= 0.3 is 0 Å². The quantitative estimate of drug-likeness (QED) is 0.696. The molecule has 0 bridgehead atoms. The molecular formula is C14H21BrN4O2. The topological polar surface area (TPSA) is 83.1 Å². The first-order valence-corrected chi connectivity index (χ1v) is 7.76. The van der Waals surface area contributed by atoms with E-state index in [1.165, 1.54) is 0 Å². The normalized spacial score (nSPS) is 11.6. The predicted molar refractivity (Wildman–Crippen MR) is 86.3 cm³/mol. The van der Waals surface area contributed by atoms with Crippen molar-refractivity contribution in [2.45, 2.75) is 33.2 Å². The van der Waals surface area contributed by atoms with Crippen LogP contribution in [0, 0.1) is 0 Å². The minimum atomic E-state index is -0.600. The van der Waals surface area contributed by atoms with Gasteiger partial charge in [0.2, 0.25) is 5.91 Å². The van der Waals surface area contributed by atoms with Gasteiger partial charge in [-0.1, -0.05) is 6.92 Å². The average molecular weight is 357 g/mol. The molecule has 1 heterocycles. The minimum absolute atomic E-state index is 0.196. The Labute approximate surface area is 133 Å². The summed E-state index contributed by atoms with van der Waals surface area (Å²) >= 11 is 3.30. The molecule has 1 atom stereocenters. The van der Waals surface area contributed by atoms with E-state index in [0.29, 0.717) is 28.9 Å². The van der Waals surface area contributed by atoms with Gasteiger partial charge in [0.25, 0.3) is 5.91 Å². The molecule has 0 aliphatic heterocycles. The van der Waals surface area contributed by atoms with E-state index in [1.54, 1.807) is 19.2 Å². The third kappa shape index (κ3) is 5.34. The third-order valence-corrected chi connectivity index (χ3v) is 3.17. The first-order valence-electron chi connectivity index (χ1n) is 6.97. The lowest BCUT2D eigenvalue weighted by Gasteiger charge is -2.15. The zero-order chi connectivity index (χ0) is 15.8. The maximum atomic E-state index is 12.3. The second-order valence-electron chi connectivity index (χ2n) is 4.57. The van der Waals surface area contributed by atoms with Gasteiger partial charge in [-0.25, -0.2) is 4.98 Å². The van der Waals surface area contributed by atoms with Crippen LogP contribution in [0.3, 0.4) is 0 Å². The lowest BCUT2D eigenvalue weighted by Crippen LogP contribution is -2.45. The largest absolute Gasteiger partial charge is 0.370 e. The molecule has 0 fully saturated rings. The number of hydrogen-bond donors (Lipinski definition) is 3. The highest BCUT2D eigenvalue weighted by Crippen LogP contribution is 2.18. The van der Waals surface area contributed by atoms with Gasteiger partial charge in [-0.15, -0.1) is 0 Å². The lowest BCUT2D eigenvalue weighted by atomic mass is 10.2. The van der Waals surface area contributed by atoms with Crippen LogP contribution < -0.4 is 16.0 Å². The molecule has 7 heteroatoms. The molecule has 0 spiro atoms. The molecule has 0 aliphatic carbocycles. The van der Waals surface area contributed by atoms with Gasteiger partial charge in [0, 0.05) is 23.8 Å². The van der Waals surface area contributed by atoms with Crippen LogP contribution in [0.15, 0.2) is 16.7 Å². The summed E-state index contributed by atoms with van der Waals surface area (Å²) < 4.78 is 0.706. The van der Waals surface area contributed by atoms with Crippen LogP contribution in [0.1, 0.15) is 37.6 Å². The van der Waals surface area contributed by atoms with Crippen LogP contribution in [0.25, 0.3) is 0 Å². The van der Waals surface area contributed by atoms with Crippen molar-refractivity contribution in [3.8, 4) is 0 Å². The fourth-order valence-corrected chi connectivity index (χ4v) is 1.99. The lowest BCUT2D eigenvalue weighted by molar-refractivity contribution is -0.122. The molecule has 0 saturated carbocycles. The van der Waals surface area contributed by atoms with E-state index in [2.05, 4.69) is 36.9 Å². The van der Waals surface area contributed by atoms with Crippen molar-refractivity contribution < 1.29 is 9.59 Å². The number of halogens is 1. The molecule has 1 rings (SSSR count). The predicted octanol–water partition coefficient (Wildman–Crippen LogP) is 1.92. The molecule has 6 nitrogen and oxygen atoms in total. The molecule has 0 radical (unpaired) electrons. The van der Waals surface area contributed by atoms with Crippen molar-refractivity contribution in [3.63, 3.8) is 0 Å². The van der Waals surface area contributed by atoms with Crippen LogP contribution in [-0.4, -0.2) is 35.9 Å². The molecule has 0 aromatic carbocycles. The zero-order valence-corrected chi connectivity index (χ0v) is 14.1. The smallest absolute Gasteiger partial charge is 0.255 e. The molecule has 0 aliphatic rings. The number of nitrogens with one attached hydrogen (secondary N) is 3. The maximum absolute atomic E-state index is 12.3. The fourth-order valence-electron chi connectivity index (χ4n) is 1.66. The van der Waals surface area contributed by atoms with Crippen molar-refractivity contribution >= 4 is 33.6 Å². The molecule has 21 heavy (non-hydrogen) atoms. The summed E-state index contributed by atoms with van der Waals surface area (Å²) in [7, 11) is 0. The first kappa shape index (κ1) is 17.4. The Morgan fingerprint density at radius 1 is 1.38 bits per heavy atom. The van der Waals surface area contributed by atoms with Crippen molar-refractivity contribution in [1.29, 1.82) is 0 Å². The number of carbonyl (C=O) groups excluding carboxylic acids is 2. The second kappa shape index (κ2) is 8.61. The van der Waals surface area contributed by atoms with Crippen LogP contribution >= 0.6 is 15.9 Å². The maximum Gasteiger partial charge on any atom is 0.255 e. The van der Waals surface area contributed by atoms with Crippen LogP contribution in [0.2, 0.25) is 0 Å². The number of carbonyl (C=O) groups is 2. The number of amides is 2. The third-order valence-electron chi connectivity index (χ3n) is 2.73. The summed E-state index contributed by atoms with van der Waals surface area (Å²) in [6.45, 7) is 6.80. The molecular weight excluding hydrogens is 336 g/mol. The number of nitrogens with zero attached hydrogens (tertiary/aromatic N) is 1. The van der Waals surface area contributed by atoms with E-state index < -0.39 is 6.04 Å². The highest BCUT2D eigenvalue weighted by atomic mass is 79.9. The van der Waals surface area contributed by atoms with Crippen LogP contribution in [0.4, 0.5) is 5.82 Å². The zero-order valence-electron chi connectivity index (χ0n) is 12.5. The summed E-state index contributed by atoms with van der Waals surface area (Å²) in [6.07, 6.45) is 2.47. The van der Waals surface area contributed by atoms with Gasteiger partial charge in [0.15, 0.2) is 0 Å². The van der Waals surface area contributed by atoms with Gasteiger partial charge in [-0.2, -0.15) is 0 Å². The van der Waals surface area contributed by atoms with Crippen LogP contribution in [-0.2, 0) is 4.79 Å². The van der Waals surface area contributed by atoms with Gasteiger partial charge < -0.3 is 16.0 Å². The summed E-state index contributed by atoms with van der Waals surface area (Å²) in [5, 5.41) is 8.45. The number of rotatable bonds is 7. The van der Waals surface area contributed by atoms with Crippen LogP contribution in [0.5, 0.6) is 0 Å². The standard InChI is InChI=1S/C14H21BrN4O2/c1-4-6-17-13(20)9(3)19-14(21)11-7-10(15)8-18-12(11)16-5-2/h7-9H,4-6H2,1-3H3,(H,16,18)(H,17,20)(H,19,21). The van der Waals surface area contributed by atoms with E-state index in [9.17, 15) is 9.59 Å². The Balaban J connectivity index is 2.79. The van der Waals surface area contributed by atoms with Crippen molar-refractivity contribution in [1.82, 2.24) is 15.6 Å².